The number of aryl methyl sites for hydroxylation is 1. The summed E-state index contributed by atoms with van der Waals surface area (Å²) in [7, 11) is 0. The van der Waals surface area contributed by atoms with Gasteiger partial charge in [-0.1, -0.05) is 32.4 Å². The minimum atomic E-state index is -0.106. The Bertz CT molecular complexity index is 412. The van der Waals surface area contributed by atoms with Crippen molar-refractivity contribution in [2.75, 3.05) is 6.61 Å². The molecule has 0 bridgehead atoms. The molecule has 19 heavy (non-hydrogen) atoms. The summed E-state index contributed by atoms with van der Waals surface area (Å²) in [6.07, 6.45) is 4.13. The van der Waals surface area contributed by atoms with E-state index in [1.807, 2.05) is 0 Å². The van der Waals surface area contributed by atoms with Crippen molar-refractivity contribution in [2.24, 2.45) is 5.92 Å². The average molecular weight is 262 g/mol. The fraction of sp³-hybridized carbons (Fsp3) is 0.647. The highest BCUT2D eigenvalue weighted by Gasteiger charge is 2.24. The Hall–Kier alpha value is -1.02. The molecule has 1 saturated carbocycles. The Morgan fingerprint density at radius 2 is 2.11 bits per heavy atom. The molecule has 1 aliphatic carbocycles. The third kappa shape index (κ3) is 3.73. The van der Waals surface area contributed by atoms with Crippen molar-refractivity contribution in [3.8, 4) is 5.75 Å². The number of hydrogen-bond acceptors (Lipinski definition) is 2. The molecule has 1 aromatic rings. The van der Waals surface area contributed by atoms with Gasteiger partial charge < -0.3 is 9.84 Å². The summed E-state index contributed by atoms with van der Waals surface area (Å²) in [6.45, 7) is 7.19. The van der Waals surface area contributed by atoms with Crippen LogP contribution in [-0.2, 0) is 0 Å². The Morgan fingerprint density at radius 3 is 2.74 bits per heavy atom. The molecule has 2 unspecified atom stereocenters. The molecule has 2 heteroatoms. The van der Waals surface area contributed by atoms with E-state index in [4.69, 9.17) is 4.74 Å². The highest BCUT2D eigenvalue weighted by Crippen LogP contribution is 2.30. The van der Waals surface area contributed by atoms with Gasteiger partial charge in [0.05, 0.1) is 12.7 Å². The van der Waals surface area contributed by atoms with Crippen LogP contribution in [0.3, 0.4) is 0 Å². The van der Waals surface area contributed by atoms with E-state index in [1.54, 1.807) is 0 Å². The lowest BCUT2D eigenvalue weighted by Gasteiger charge is -2.18. The first-order valence-electron chi connectivity index (χ1n) is 7.49. The molecule has 0 amide bonds. The van der Waals surface area contributed by atoms with E-state index in [1.165, 1.54) is 11.1 Å². The predicted molar refractivity (Wildman–Crippen MR) is 78.7 cm³/mol. The van der Waals surface area contributed by atoms with E-state index in [2.05, 4.69) is 39.0 Å². The monoisotopic (exact) mass is 262 g/mol. The van der Waals surface area contributed by atoms with Crippen LogP contribution in [0.2, 0.25) is 0 Å². The highest BCUT2D eigenvalue weighted by atomic mass is 16.5. The van der Waals surface area contributed by atoms with Gasteiger partial charge in [0, 0.05) is 0 Å². The molecule has 106 valence electrons. The lowest BCUT2D eigenvalue weighted by atomic mass is 10.0. The van der Waals surface area contributed by atoms with Gasteiger partial charge in [-0.2, -0.15) is 0 Å². The van der Waals surface area contributed by atoms with Crippen molar-refractivity contribution in [3.63, 3.8) is 0 Å². The summed E-state index contributed by atoms with van der Waals surface area (Å²) in [5.74, 6) is 1.93. The van der Waals surface area contributed by atoms with Crippen LogP contribution in [0.25, 0.3) is 0 Å². The predicted octanol–water partition coefficient (Wildman–Crippen LogP) is 4.05. The van der Waals surface area contributed by atoms with E-state index in [-0.39, 0.29) is 6.10 Å². The van der Waals surface area contributed by atoms with Crippen LogP contribution < -0.4 is 4.74 Å². The molecule has 1 aromatic carbocycles. The molecular formula is C17H26O2. The number of aliphatic hydroxyl groups excluding tert-OH is 1. The topological polar surface area (TPSA) is 29.5 Å². The fourth-order valence-corrected chi connectivity index (χ4v) is 2.92. The second-order valence-electron chi connectivity index (χ2n) is 6.09. The van der Waals surface area contributed by atoms with Crippen molar-refractivity contribution in [1.82, 2.24) is 0 Å². The van der Waals surface area contributed by atoms with Gasteiger partial charge >= 0.3 is 0 Å². The van der Waals surface area contributed by atoms with E-state index in [0.29, 0.717) is 18.4 Å². The molecular weight excluding hydrogens is 236 g/mol. The van der Waals surface area contributed by atoms with Crippen molar-refractivity contribution in [3.05, 3.63) is 29.3 Å². The highest BCUT2D eigenvalue weighted by molar-refractivity contribution is 5.39. The van der Waals surface area contributed by atoms with Crippen molar-refractivity contribution in [1.29, 1.82) is 0 Å². The van der Waals surface area contributed by atoms with Crippen LogP contribution in [0.1, 0.15) is 56.6 Å². The first-order valence-corrected chi connectivity index (χ1v) is 7.49. The molecule has 0 heterocycles. The smallest absolute Gasteiger partial charge is 0.122 e. The minimum Gasteiger partial charge on any atom is -0.493 e. The normalized spacial score (nSPS) is 23.0. The summed E-state index contributed by atoms with van der Waals surface area (Å²) in [5.41, 5.74) is 2.51. The van der Waals surface area contributed by atoms with Crippen LogP contribution in [0, 0.1) is 12.8 Å². The molecule has 0 saturated heterocycles. The molecule has 0 spiro atoms. The van der Waals surface area contributed by atoms with Gasteiger partial charge in [0.15, 0.2) is 0 Å². The Morgan fingerprint density at radius 1 is 1.32 bits per heavy atom. The van der Waals surface area contributed by atoms with E-state index in [9.17, 15) is 5.11 Å². The third-order valence-electron chi connectivity index (χ3n) is 4.16. The van der Waals surface area contributed by atoms with Crippen molar-refractivity contribution >= 4 is 0 Å². The van der Waals surface area contributed by atoms with Crippen LogP contribution in [-0.4, -0.2) is 17.8 Å². The Kier molecular flexibility index (Phi) is 4.87. The molecule has 2 nitrogen and oxygen atoms in total. The van der Waals surface area contributed by atoms with Crippen LogP contribution in [0.5, 0.6) is 5.75 Å². The van der Waals surface area contributed by atoms with Crippen LogP contribution >= 0.6 is 0 Å². The van der Waals surface area contributed by atoms with E-state index >= 15 is 0 Å². The minimum absolute atomic E-state index is 0.106. The molecule has 1 N–H and O–H groups in total. The quantitative estimate of drug-likeness (QED) is 0.867. The number of hydrogen-bond donors (Lipinski definition) is 1. The maximum atomic E-state index is 9.82. The zero-order valence-electron chi connectivity index (χ0n) is 12.4. The second kappa shape index (κ2) is 6.42. The van der Waals surface area contributed by atoms with Gasteiger partial charge in [-0.15, -0.1) is 0 Å². The lowest BCUT2D eigenvalue weighted by Crippen LogP contribution is -2.16. The molecule has 1 fully saturated rings. The molecule has 0 aromatic heterocycles. The molecule has 0 aliphatic heterocycles. The second-order valence-corrected chi connectivity index (χ2v) is 6.09. The van der Waals surface area contributed by atoms with Crippen molar-refractivity contribution < 1.29 is 9.84 Å². The number of benzene rings is 1. The molecule has 1 aliphatic rings. The maximum absolute atomic E-state index is 9.82. The first kappa shape index (κ1) is 14.4. The van der Waals surface area contributed by atoms with Gasteiger partial charge in [-0.05, 0) is 55.2 Å². The molecule has 2 atom stereocenters. The zero-order chi connectivity index (χ0) is 13.8. The van der Waals surface area contributed by atoms with Gasteiger partial charge in [0.2, 0.25) is 0 Å². The van der Waals surface area contributed by atoms with Crippen LogP contribution in [0.4, 0.5) is 0 Å². The standard InChI is InChI=1S/C17H26O2/c1-12(2)15-8-7-13(3)11-17(15)19-10-9-14-5-4-6-16(14)18/h7-8,11-12,14,16,18H,4-6,9-10H2,1-3H3. The number of rotatable bonds is 5. The largest absolute Gasteiger partial charge is 0.493 e. The average Bonchev–Trinajstić information content (AvgIpc) is 2.75. The third-order valence-corrected chi connectivity index (χ3v) is 4.16. The summed E-state index contributed by atoms with van der Waals surface area (Å²) < 4.78 is 5.98. The Labute approximate surface area is 116 Å². The van der Waals surface area contributed by atoms with Gasteiger partial charge in [-0.25, -0.2) is 0 Å². The summed E-state index contributed by atoms with van der Waals surface area (Å²) in [6, 6.07) is 6.43. The molecule has 2 rings (SSSR count). The number of ether oxygens (including phenoxy) is 1. The van der Waals surface area contributed by atoms with Gasteiger partial charge in [0.1, 0.15) is 5.75 Å². The SMILES string of the molecule is Cc1ccc(C(C)C)c(OCCC2CCCC2O)c1. The van der Waals surface area contributed by atoms with Gasteiger partial charge in [-0.3, -0.25) is 0 Å². The summed E-state index contributed by atoms with van der Waals surface area (Å²) in [4.78, 5) is 0. The van der Waals surface area contributed by atoms with Gasteiger partial charge in [0.25, 0.3) is 0 Å². The number of aliphatic hydroxyl groups is 1. The zero-order valence-corrected chi connectivity index (χ0v) is 12.4. The van der Waals surface area contributed by atoms with Crippen LogP contribution in [0.15, 0.2) is 18.2 Å². The summed E-state index contributed by atoms with van der Waals surface area (Å²) in [5, 5.41) is 9.82. The first-order chi connectivity index (χ1) is 9.08. The molecule has 0 radical (unpaired) electrons. The maximum Gasteiger partial charge on any atom is 0.122 e. The van der Waals surface area contributed by atoms with Crippen molar-refractivity contribution in [2.45, 2.75) is 58.5 Å². The van der Waals surface area contributed by atoms with E-state index < -0.39 is 0 Å². The van der Waals surface area contributed by atoms with E-state index in [0.717, 1.165) is 31.4 Å². The summed E-state index contributed by atoms with van der Waals surface area (Å²) >= 11 is 0. The fourth-order valence-electron chi connectivity index (χ4n) is 2.92. The lowest BCUT2D eigenvalue weighted by molar-refractivity contribution is 0.116. The Balaban J connectivity index is 1.93.